The van der Waals surface area contributed by atoms with Crippen LogP contribution in [-0.4, -0.2) is 61.5 Å². The molecule has 3 N–H and O–H groups in total. The van der Waals surface area contributed by atoms with Gasteiger partial charge in [-0.1, -0.05) is 27.2 Å². The first-order chi connectivity index (χ1) is 11.3. The Morgan fingerprint density at radius 2 is 1.79 bits per heavy atom. The summed E-state index contributed by atoms with van der Waals surface area (Å²) in [4.78, 5) is 26.1. The zero-order valence-electron chi connectivity index (χ0n) is 15.5. The van der Waals surface area contributed by atoms with Crippen LogP contribution in [-0.2, 0) is 9.59 Å². The summed E-state index contributed by atoms with van der Waals surface area (Å²) in [5.41, 5.74) is 0.00970. The molecule has 1 unspecified atom stereocenters. The number of nitrogens with zero attached hydrogens (tertiary/aromatic N) is 1. The van der Waals surface area contributed by atoms with Gasteiger partial charge in [0.25, 0.3) is 0 Å². The molecule has 0 bridgehead atoms. The maximum Gasteiger partial charge on any atom is 0.234 e. The number of hydrogen-bond donors (Lipinski definition) is 3. The molecule has 0 radical (unpaired) electrons. The lowest BCUT2D eigenvalue weighted by molar-refractivity contribution is -0.123. The van der Waals surface area contributed by atoms with Crippen molar-refractivity contribution in [2.75, 3.05) is 32.7 Å². The molecule has 2 fully saturated rings. The zero-order valence-corrected chi connectivity index (χ0v) is 15.5. The molecule has 1 saturated carbocycles. The van der Waals surface area contributed by atoms with Gasteiger partial charge in [-0.2, -0.15) is 0 Å². The Morgan fingerprint density at radius 3 is 2.42 bits per heavy atom. The molecule has 1 aliphatic heterocycles. The van der Waals surface area contributed by atoms with Crippen molar-refractivity contribution < 1.29 is 9.59 Å². The van der Waals surface area contributed by atoms with Crippen LogP contribution in [0.3, 0.4) is 0 Å². The predicted octanol–water partition coefficient (Wildman–Crippen LogP) is 0.871. The molecule has 1 atom stereocenters. The third kappa shape index (κ3) is 7.18. The Morgan fingerprint density at radius 1 is 1.04 bits per heavy atom. The van der Waals surface area contributed by atoms with Crippen LogP contribution in [0.1, 0.15) is 52.9 Å². The molecular formula is C18H34N4O2. The van der Waals surface area contributed by atoms with Crippen molar-refractivity contribution in [1.82, 2.24) is 20.9 Å². The normalized spacial score (nSPS) is 22.2. The maximum absolute atomic E-state index is 12.0. The lowest BCUT2D eigenvalue weighted by atomic mass is 9.92. The van der Waals surface area contributed by atoms with E-state index in [1.165, 1.54) is 19.3 Å². The minimum atomic E-state index is 0.00970. The van der Waals surface area contributed by atoms with Gasteiger partial charge in [0.05, 0.1) is 6.54 Å². The Hall–Kier alpha value is -1.14. The van der Waals surface area contributed by atoms with Crippen molar-refractivity contribution in [2.24, 2.45) is 5.41 Å². The van der Waals surface area contributed by atoms with Crippen molar-refractivity contribution in [3.05, 3.63) is 0 Å². The number of carbonyl (C=O) groups excluding carboxylic acids is 2. The second kappa shape index (κ2) is 8.81. The Bertz CT molecular complexity index is 429. The standard InChI is InChI=1S/C18H34N4O2/c1-18(2,3)11-16(23)21-15-7-10-22(12-15)13-17(24)20-9-8-19-14-5-4-6-14/h14-15,19H,4-13H2,1-3H3,(H,20,24)(H,21,23). The summed E-state index contributed by atoms with van der Waals surface area (Å²) in [5.74, 6) is 0.188. The van der Waals surface area contributed by atoms with Crippen LogP contribution in [0.4, 0.5) is 0 Å². The summed E-state index contributed by atoms with van der Waals surface area (Å²) >= 11 is 0. The third-order valence-electron chi connectivity index (χ3n) is 4.68. The fraction of sp³-hybridized carbons (Fsp3) is 0.889. The van der Waals surface area contributed by atoms with Gasteiger partial charge in [0.15, 0.2) is 0 Å². The quantitative estimate of drug-likeness (QED) is 0.574. The minimum Gasteiger partial charge on any atom is -0.354 e. The van der Waals surface area contributed by atoms with Gasteiger partial charge in [-0.25, -0.2) is 0 Å². The fourth-order valence-corrected chi connectivity index (χ4v) is 3.20. The van der Waals surface area contributed by atoms with Crippen LogP contribution < -0.4 is 16.0 Å². The molecule has 0 aromatic heterocycles. The average molecular weight is 338 g/mol. The van der Waals surface area contributed by atoms with E-state index in [0.717, 1.165) is 26.1 Å². The van der Waals surface area contributed by atoms with Crippen molar-refractivity contribution in [3.8, 4) is 0 Å². The van der Waals surface area contributed by atoms with E-state index < -0.39 is 0 Å². The highest BCUT2D eigenvalue weighted by molar-refractivity contribution is 5.78. The van der Waals surface area contributed by atoms with Crippen LogP contribution in [0.25, 0.3) is 0 Å². The van der Waals surface area contributed by atoms with E-state index in [9.17, 15) is 9.59 Å². The first-order valence-electron chi connectivity index (χ1n) is 9.34. The highest BCUT2D eigenvalue weighted by Gasteiger charge is 2.26. The molecule has 138 valence electrons. The van der Waals surface area contributed by atoms with Crippen LogP contribution >= 0.6 is 0 Å². The Balaban J connectivity index is 1.55. The molecule has 1 saturated heterocycles. The summed E-state index contributed by atoms with van der Waals surface area (Å²) in [7, 11) is 0. The second-order valence-electron chi connectivity index (χ2n) is 8.46. The van der Waals surface area contributed by atoms with Crippen molar-refractivity contribution in [1.29, 1.82) is 0 Å². The molecule has 0 aromatic carbocycles. The summed E-state index contributed by atoms with van der Waals surface area (Å²) in [6.07, 6.45) is 5.32. The number of likely N-dealkylation sites (tertiary alicyclic amines) is 1. The van der Waals surface area contributed by atoms with Gasteiger partial charge >= 0.3 is 0 Å². The molecule has 2 aliphatic rings. The smallest absolute Gasteiger partial charge is 0.234 e. The highest BCUT2D eigenvalue weighted by Crippen LogP contribution is 2.19. The molecule has 1 heterocycles. The largest absolute Gasteiger partial charge is 0.354 e. The van der Waals surface area contributed by atoms with E-state index in [2.05, 4.69) is 41.6 Å². The molecule has 2 rings (SSSR count). The van der Waals surface area contributed by atoms with Gasteiger partial charge in [-0.05, 0) is 24.7 Å². The van der Waals surface area contributed by atoms with E-state index in [4.69, 9.17) is 0 Å². The number of nitrogens with one attached hydrogen (secondary N) is 3. The minimum absolute atomic E-state index is 0.00970. The van der Waals surface area contributed by atoms with Crippen molar-refractivity contribution in [3.63, 3.8) is 0 Å². The fourth-order valence-electron chi connectivity index (χ4n) is 3.20. The Labute approximate surface area is 146 Å². The maximum atomic E-state index is 12.0. The van der Waals surface area contributed by atoms with E-state index in [1.54, 1.807) is 0 Å². The summed E-state index contributed by atoms with van der Waals surface area (Å²) in [5, 5.41) is 9.50. The number of hydrogen-bond acceptors (Lipinski definition) is 4. The first kappa shape index (κ1) is 19.2. The molecule has 2 amide bonds. The SMILES string of the molecule is CC(C)(C)CC(=O)NC1CCN(CC(=O)NCCNC2CCC2)C1. The van der Waals surface area contributed by atoms with Crippen LogP contribution in [0, 0.1) is 5.41 Å². The molecule has 24 heavy (non-hydrogen) atoms. The Kier molecular flexibility index (Phi) is 7.04. The summed E-state index contributed by atoms with van der Waals surface area (Å²) in [6, 6.07) is 0.839. The first-order valence-corrected chi connectivity index (χ1v) is 9.34. The predicted molar refractivity (Wildman–Crippen MR) is 95.7 cm³/mol. The number of carbonyl (C=O) groups is 2. The van der Waals surface area contributed by atoms with Gasteiger partial charge in [0, 0.05) is 44.7 Å². The van der Waals surface area contributed by atoms with Crippen LogP contribution in [0.2, 0.25) is 0 Å². The summed E-state index contributed by atoms with van der Waals surface area (Å²) < 4.78 is 0. The molecule has 6 nitrogen and oxygen atoms in total. The van der Waals surface area contributed by atoms with E-state index in [0.29, 0.717) is 25.6 Å². The van der Waals surface area contributed by atoms with E-state index >= 15 is 0 Å². The van der Waals surface area contributed by atoms with Crippen LogP contribution in [0.15, 0.2) is 0 Å². The summed E-state index contributed by atoms with van der Waals surface area (Å²) in [6.45, 7) is 9.80. The van der Waals surface area contributed by atoms with Gasteiger partial charge in [0.2, 0.25) is 11.8 Å². The molecule has 1 aliphatic carbocycles. The van der Waals surface area contributed by atoms with Crippen molar-refractivity contribution >= 4 is 11.8 Å². The topological polar surface area (TPSA) is 73.5 Å². The molecule has 6 heteroatoms. The molecule has 0 aromatic rings. The lowest BCUT2D eigenvalue weighted by Crippen LogP contribution is -2.43. The third-order valence-corrected chi connectivity index (χ3v) is 4.68. The zero-order chi connectivity index (χ0) is 17.6. The number of rotatable bonds is 8. The van der Waals surface area contributed by atoms with Gasteiger partial charge < -0.3 is 16.0 Å². The van der Waals surface area contributed by atoms with Gasteiger partial charge in [-0.15, -0.1) is 0 Å². The molecule has 0 spiro atoms. The second-order valence-corrected chi connectivity index (χ2v) is 8.46. The van der Waals surface area contributed by atoms with E-state index in [1.807, 2.05) is 0 Å². The highest BCUT2D eigenvalue weighted by atomic mass is 16.2. The number of amides is 2. The van der Waals surface area contributed by atoms with Gasteiger partial charge in [0.1, 0.15) is 0 Å². The van der Waals surface area contributed by atoms with Crippen molar-refractivity contribution in [2.45, 2.75) is 65.0 Å². The van der Waals surface area contributed by atoms with E-state index in [-0.39, 0.29) is 23.3 Å². The molecular weight excluding hydrogens is 304 g/mol. The average Bonchev–Trinajstić information content (AvgIpc) is 2.81. The van der Waals surface area contributed by atoms with Crippen LogP contribution in [0.5, 0.6) is 0 Å². The van der Waals surface area contributed by atoms with Gasteiger partial charge in [-0.3, -0.25) is 14.5 Å². The lowest BCUT2D eigenvalue weighted by Gasteiger charge is -2.26. The monoisotopic (exact) mass is 338 g/mol.